The highest BCUT2D eigenvalue weighted by molar-refractivity contribution is 5.73. The van der Waals surface area contributed by atoms with Gasteiger partial charge in [0, 0.05) is 0 Å². The summed E-state index contributed by atoms with van der Waals surface area (Å²) in [4.78, 5) is 10.7. The number of rotatable bonds is 3. The van der Waals surface area contributed by atoms with Gasteiger partial charge in [-0.2, -0.15) is 0 Å². The quantitative estimate of drug-likeness (QED) is 0.779. The Balaban J connectivity index is 2.35. The molecule has 16 heavy (non-hydrogen) atoms. The molecule has 0 unspecified atom stereocenters. The second kappa shape index (κ2) is 5.17. The molecule has 1 saturated carbocycles. The van der Waals surface area contributed by atoms with Crippen molar-refractivity contribution in [2.24, 2.45) is 23.0 Å². The van der Waals surface area contributed by atoms with Crippen LogP contribution in [-0.4, -0.2) is 17.1 Å². The third-order valence-electron chi connectivity index (χ3n) is 3.98. The van der Waals surface area contributed by atoms with Crippen molar-refractivity contribution in [3.05, 3.63) is 0 Å². The number of hydrogen-bond acceptors (Lipinski definition) is 2. The number of aliphatic carboxylic acids is 1. The predicted octanol–water partition coefficient (Wildman–Crippen LogP) is 2.64. The molecule has 3 nitrogen and oxygen atoms in total. The van der Waals surface area contributed by atoms with Crippen molar-refractivity contribution >= 4 is 5.97 Å². The Morgan fingerprint density at radius 2 is 1.81 bits per heavy atom. The van der Waals surface area contributed by atoms with Gasteiger partial charge in [-0.1, -0.05) is 33.6 Å². The largest absolute Gasteiger partial charge is 0.480 e. The van der Waals surface area contributed by atoms with Crippen LogP contribution in [0.1, 0.15) is 52.9 Å². The van der Waals surface area contributed by atoms with Gasteiger partial charge >= 0.3 is 5.97 Å². The van der Waals surface area contributed by atoms with Crippen molar-refractivity contribution in [1.82, 2.24) is 0 Å². The lowest BCUT2D eigenvalue weighted by molar-refractivity contribution is -0.139. The number of carbonyl (C=O) groups is 1. The zero-order valence-corrected chi connectivity index (χ0v) is 10.7. The molecule has 1 atom stereocenters. The summed E-state index contributed by atoms with van der Waals surface area (Å²) in [6, 6.07) is -0.670. The summed E-state index contributed by atoms with van der Waals surface area (Å²) in [6.07, 6.45) is 5.37. The third kappa shape index (κ3) is 3.78. The molecule has 1 aliphatic carbocycles. The molecule has 94 valence electrons. The molecule has 3 N–H and O–H groups in total. The van der Waals surface area contributed by atoms with Crippen LogP contribution in [0.4, 0.5) is 0 Å². The highest BCUT2D eigenvalue weighted by Gasteiger charge is 2.30. The Hall–Kier alpha value is -0.570. The lowest BCUT2D eigenvalue weighted by Gasteiger charge is -2.37. The van der Waals surface area contributed by atoms with E-state index in [1.54, 1.807) is 0 Å². The van der Waals surface area contributed by atoms with E-state index in [1.807, 2.05) is 0 Å². The molecule has 0 aromatic rings. The van der Waals surface area contributed by atoms with E-state index in [0.717, 1.165) is 18.8 Å². The normalized spacial score (nSPS) is 28.8. The number of nitrogens with two attached hydrogens (primary N) is 1. The maximum absolute atomic E-state index is 10.7. The molecular formula is C13H25NO2. The maximum atomic E-state index is 10.7. The molecule has 1 rings (SSSR count). The fourth-order valence-corrected chi connectivity index (χ4v) is 2.72. The molecule has 0 aromatic heterocycles. The fourth-order valence-electron chi connectivity index (χ4n) is 2.72. The number of carboxylic acids is 1. The second-order valence-corrected chi connectivity index (χ2v) is 6.26. The van der Waals surface area contributed by atoms with Gasteiger partial charge < -0.3 is 10.8 Å². The van der Waals surface area contributed by atoms with E-state index in [9.17, 15) is 4.79 Å². The minimum absolute atomic E-state index is 0.389. The topological polar surface area (TPSA) is 63.3 Å². The minimum Gasteiger partial charge on any atom is -0.480 e. The zero-order valence-electron chi connectivity index (χ0n) is 10.7. The van der Waals surface area contributed by atoms with Crippen molar-refractivity contribution in [3.63, 3.8) is 0 Å². The highest BCUT2D eigenvalue weighted by atomic mass is 16.4. The third-order valence-corrected chi connectivity index (χ3v) is 3.98. The summed E-state index contributed by atoms with van der Waals surface area (Å²) in [7, 11) is 0. The fraction of sp³-hybridized carbons (Fsp3) is 0.923. The van der Waals surface area contributed by atoms with Gasteiger partial charge in [-0.15, -0.1) is 0 Å². The molecule has 1 aliphatic rings. The minimum atomic E-state index is -0.863. The molecule has 0 saturated heterocycles. The lowest BCUT2D eigenvalue weighted by Crippen LogP contribution is -2.34. The van der Waals surface area contributed by atoms with Crippen LogP contribution in [0.3, 0.4) is 0 Å². The van der Waals surface area contributed by atoms with Gasteiger partial charge in [0.25, 0.3) is 0 Å². The van der Waals surface area contributed by atoms with Crippen LogP contribution in [0.2, 0.25) is 0 Å². The van der Waals surface area contributed by atoms with Crippen molar-refractivity contribution in [2.75, 3.05) is 0 Å². The first-order valence-corrected chi connectivity index (χ1v) is 6.29. The summed E-state index contributed by atoms with van der Waals surface area (Å²) < 4.78 is 0. The lowest BCUT2D eigenvalue weighted by atomic mass is 9.69. The van der Waals surface area contributed by atoms with E-state index in [-0.39, 0.29) is 0 Å². The van der Waals surface area contributed by atoms with Crippen LogP contribution < -0.4 is 5.73 Å². The van der Waals surface area contributed by atoms with E-state index >= 15 is 0 Å². The number of hydrogen-bond donors (Lipinski definition) is 2. The summed E-state index contributed by atoms with van der Waals surface area (Å²) >= 11 is 0. The molecule has 0 aromatic carbocycles. The molecule has 0 aliphatic heterocycles. The standard InChI is InChI=1S/C13H25NO2/c1-13(2,3)10-6-4-9(5-7-10)8-11(14)12(15)16/h9-11H,4-8,14H2,1-3H3,(H,15,16)/t9?,10?,11-/m1/s1. The monoisotopic (exact) mass is 227 g/mol. The molecule has 0 radical (unpaired) electrons. The number of carboxylic acid groups (broad SMARTS) is 1. The Bertz CT molecular complexity index is 237. The molecule has 0 spiro atoms. The van der Waals surface area contributed by atoms with Crippen LogP contribution in [0.5, 0.6) is 0 Å². The zero-order chi connectivity index (χ0) is 12.3. The van der Waals surface area contributed by atoms with E-state index in [2.05, 4.69) is 20.8 Å². The van der Waals surface area contributed by atoms with Gasteiger partial charge in [-0.3, -0.25) is 4.79 Å². The SMILES string of the molecule is CC(C)(C)C1CCC(C[C@@H](N)C(=O)O)CC1. The molecule has 0 heterocycles. The van der Waals surface area contributed by atoms with Crippen LogP contribution in [0, 0.1) is 17.3 Å². The van der Waals surface area contributed by atoms with Gasteiger partial charge in [0.2, 0.25) is 0 Å². The van der Waals surface area contributed by atoms with Gasteiger partial charge in [0.1, 0.15) is 6.04 Å². The summed E-state index contributed by atoms with van der Waals surface area (Å²) in [5, 5.41) is 8.77. The molecule has 0 bridgehead atoms. The molecule has 1 fully saturated rings. The first-order chi connectivity index (χ1) is 7.30. The van der Waals surface area contributed by atoms with Crippen molar-refractivity contribution in [3.8, 4) is 0 Å². The average molecular weight is 227 g/mol. The smallest absolute Gasteiger partial charge is 0.320 e. The Morgan fingerprint density at radius 1 is 1.31 bits per heavy atom. The Morgan fingerprint density at radius 3 is 2.19 bits per heavy atom. The molecule has 0 amide bonds. The molecule has 3 heteroatoms. The van der Waals surface area contributed by atoms with E-state index in [1.165, 1.54) is 12.8 Å². The van der Waals surface area contributed by atoms with Crippen molar-refractivity contribution in [1.29, 1.82) is 0 Å². The first kappa shape index (κ1) is 13.5. The van der Waals surface area contributed by atoms with Crippen LogP contribution in [0.25, 0.3) is 0 Å². The second-order valence-electron chi connectivity index (χ2n) is 6.26. The van der Waals surface area contributed by atoms with Gasteiger partial charge in [-0.25, -0.2) is 0 Å². The van der Waals surface area contributed by atoms with Crippen molar-refractivity contribution < 1.29 is 9.90 Å². The Kier molecular flexibility index (Phi) is 4.36. The first-order valence-electron chi connectivity index (χ1n) is 6.29. The molecular weight excluding hydrogens is 202 g/mol. The highest BCUT2D eigenvalue weighted by Crippen LogP contribution is 2.40. The van der Waals surface area contributed by atoms with Crippen LogP contribution >= 0.6 is 0 Å². The van der Waals surface area contributed by atoms with E-state index < -0.39 is 12.0 Å². The summed E-state index contributed by atoms with van der Waals surface area (Å²) in [5.74, 6) is 0.437. The predicted molar refractivity (Wildman–Crippen MR) is 65.1 cm³/mol. The van der Waals surface area contributed by atoms with Gasteiger partial charge in [-0.05, 0) is 36.5 Å². The van der Waals surface area contributed by atoms with Crippen molar-refractivity contribution in [2.45, 2.75) is 58.9 Å². The van der Waals surface area contributed by atoms with Crippen LogP contribution in [-0.2, 0) is 4.79 Å². The Labute approximate surface area is 98.4 Å². The van der Waals surface area contributed by atoms with E-state index in [0.29, 0.717) is 17.8 Å². The summed E-state index contributed by atoms with van der Waals surface area (Å²) in [6.45, 7) is 6.88. The van der Waals surface area contributed by atoms with Gasteiger partial charge in [0.15, 0.2) is 0 Å². The van der Waals surface area contributed by atoms with Gasteiger partial charge in [0.05, 0.1) is 0 Å². The maximum Gasteiger partial charge on any atom is 0.320 e. The summed E-state index contributed by atoms with van der Waals surface area (Å²) in [5.41, 5.74) is 5.96. The van der Waals surface area contributed by atoms with Crippen LogP contribution in [0.15, 0.2) is 0 Å². The average Bonchev–Trinajstić information content (AvgIpc) is 2.17. The van der Waals surface area contributed by atoms with E-state index in [4.69, 9.17) is 10.8 Å².